The Labute approximate surface area is 254 Å². The summed E-state index contributed by atoms with van der Waals surface area (Å²) in [5, 5.41) is 10.9. The lowest BCUT2D eigenvalue weighted by Gasteiger charge is -2.27. The predicted octanol–water partition coefficient (Wildman–Crippen LogP) is 2.04. The molecule has 228 valence electrons. The lowest BCUT2D eigenvalue weighted by Crippen LogP contribution is -2.55. The van der Waals surface area contributed by atoms with Gasteiger partial charge in [-0.05, 0) is 48.6 Å². The molecule has 4 amide bonds. The highest BCUT2D eigenvalue weighted by Crippen LogP contribution is 2.32. The fraction of sp³-hybridized carbons (Fsp3) is 0.303. The van der Waals surface area contributed by atoms with Crippen molar-refractivity contribution < 1.29 is 33.4 Å². The van der Waals surface area contributed by atoms with Crippen molar-refractivity contribution in [3.63, 3.8) is 0 Å². The largest absolute Gasteiger partial charge is 0.454 e. The molecule has 3 atom stereocenters. The molecule has 0 aromatic heterocycles. The zero-order valence-corrected chi connectivity index (χ0v) is 24.0. The van der Waals surface area contributed by atoms with Gasteiger partial charge < -0.3 is 30.7 Å². The van der Waals surface area contributed by atoms with E-state index >= 15 is 0 Å². The van der Waals surface area contributed by atoms with Crippen LogP contribution < -0.4 is 30.7 Å². The first-order valence-corrected chi connectivity index (χ1v) is 14.6. The van der Waals surface area contributed by atoms with E-state index in [2.05, 4.69) is 21.3 Å². The van der Waals surface area contributed by atoms with Crippen LogP contribution in [0, 0.1) is 5.92 Å². The summed E-state index contributed by atoms with van der Waals surface area (Å²) in [7, 11) is 0. The third kappa shape index (κ3) is 7.80. The van der Waals surface area contributed by atoms with Gasteiger partial charge in [0.25, 0.3) is 11.8 Å². The number of carbonyl (C=O) groups is 5. The van der Waals surface area contributed by atoms with Gasteiger partial charge in [-0.2, -0.15) is 0 Å². The van der Waals surface area contributed by atoms with E-state index in [0.717, 1.165) is 11.1 Å². The van der Waals surface area contributed by atoms with E-state index < -0.39 is 41.5 Å². The van der Waals surface area contributed by atoms with E-state index in [-0.39, 0.29) is 37.6 Å². The van der Waals surface area contributed by atoms with Gasteiger partial charge in [0.2, 0.25) is 24.4 Å². The molecule has 5 rings (SSSR count). The summed E-state index contributed by atoms with van der Waals surface area (Å²) >= 11 is 0. The first kappa shape index (κ1) is 30.3. The number of fused-ring (bicyclic) bond motifs is 1. The van der Waals surface area contributed by atoms with Gasteiger partial charge in [-0.15, -0.1) is 0 Å². The Kier molecular flexibility index (Phi) is 9.85. The zero-order valence-electron chi connectivity index (χ0n) is 24.0. The first-order chi connectivity index (χ1) is 21.4. The fourth-order valence-electron chi connectivity index (χ4n) is 5.21. The molecule has 1 unspecified atom stereocenters. The molecule has 3 aromatic carbocycles. The van der Waals surface area contributed by atoms with Crippen LogP contribution in [-0.2, 0) is 32.1 Å². The van der Waals surface area contributed by atoms with Crippen molar-refractivity contribution in [1.29, 1.82) is 0 Å². The van der Waals surface area contributed by atoms with Crippen LogP contribution >= 0.6 is 0 Å². The highest BCUT2D eigenvalue weighted by molar-refractivity contribution is 6.38. The number of benzene rings is 3. The van der Waals surface area contributed by atoms with Crippen molar-refractivity contribution in [2.24, 2.45) is 5.92 Å². The molecule has 2 aliphatic rings. The van der Waals surface area contributed by atoms with Gasteiger partial charge in [-0.3, -0.25) is 24.0 Å². The standard InChI is InChI=1S/C33H34N4O7/c38-29(33(42)35-19-22-10-5-2-6-11-22)25(17-23-12-7-15-34-30(23)39)36-32(41)26(16-21-8-3-1-4-9-21)37-31(40)24-13-14-27-28(18-24)44-20-43-27/h1-6,8-11,13-14,18,23,25-26H,7,12,15-17,19-20H2,(H,34,39)(H,35,42)(H,36,41)(H,37,40)/t23-,25?,26-/m0/s1. The van der Waals surface area contributed by atoms with Crippen LogP contribution in [0.15, 0.2) is 78.9 Å². The SMILES string of the molecule is O=C(NCc1ccccc1)C(=O)C(C[C@@H]1CCCNC1=O)NC(=O)[C@H](Cc1ccccc1)NC(=O)c1ccc2c(c1)OCO2. The van der Waals surface area contributed by atoms with E-state index in [1.807, 2.05) is 60.7 Å². The summed E-state index contributed by atoms with van der Waals surface area (Å²) in [6.07, 6.45) is 1.30. The maximum absolute atomic E-state index is 13.8. The second kappa shape index (κ2) is 14.3. The number of amides is 4. The molecule has 0 radical (unpaired) electrons. The highest BCUT2D eigenvalue weighted by atomic mass is 16.7. The van der Waals surface area contributed by atoms with Gasteiger partial charge in [-0.25, -0.2) is 0 Å². The van der Waals surface area contributed by atoms with Crippen LogP contribution in [0.2, 0.25) is 0 Å². The normalized spacial score (nSPS) is 16.6. The van der Waals surface area contributed by atoms with Crippen LogP contribution in [0.3, 0.4) is 0 Å². The van der Waals surface area contributed by atoms with Gasteiger partial charge in [0.05, 0.1) is 6.04 Å². The van der Waals surface area contributed by atoms with E-state index in [4.69, 9.17) is 9.47 Å². The third-order valence-electron chi connectivity index (χ3n) is 7.61. The quantitative estimate of drug-likeness (QED) is 0.233. The van der Waals surface area contributed by atoms with Crippen molar-refractivity contribution >= 4 is 29.4 Å². The molecule has 2 heterocycles. The third-order valence-corrected chi connectivity index (χ3v) is 7.61. The Bertz CT molecular complexity index is 1510. The molecular formula is C33H34N4O7. The summed E-state index contributed by atoms with van der Waals surface area (Å²) in [6.45, 7) is 0.702. The summed E-state index contributed by atoms with van der Waals surface area (Å²) in [6, 6.07) is 20.5. The number of hydrogen-bond donors (Lipinski definition) is 4. The number of Topliss-reactive ketones (excluding diaryl/α,β-unsaturated/α-hetero) is 1. The Balaban J connectivity index is 1.34. The average molecular weight is 599 g/mol. The Hall–Kier alpha value is -5.19. The average Bonchev–Trinajstić information content (AvgIpc) is 3.53. The maximum atomic E-state index is 13.8. The number of carbonyl (C=O) groups excluding carboxylic acids is 5. The van der Waals surface area contributed by atoms with E-state index in [9.17, 15) is 24.0 Å². The molecule has 0 spiro atoms. The number of piperidine rings is 1. The van der Waals surface area contributed by atoms with Crippen molar-refractivity contribution in [3.8, 4) is 11.5 Å². The van der Waals surface area contributed by atoms with Crippen LogP contribution in [-0.4, -0.2) is 54.8 Å². The molecule has 0 bridgehead atoms. The van der Waals surface area contributed by atoms with Crippen LogP contribution in [0.1, 0.15) is 40.7 Å². The van der Waals surface area contributed by atoms with Gasteiger partial charge in [0.1, 0.15) is 6.04 Å². The van der Waals surface area contributed by atoms with E-state index in [1.54, 1.807) is 12.1 Å². The molecule has 0 aliphatic carbocycles. The minimum atomic E-state index is -1.28. The van der Waals surface area contributed by atoms with Gasteiger partial charge in [-0.1, -0.05) is 60.7 Å². The molecule has 11 nitrogen and oxygen atoms in total. The molecule has 44 heavy (non-hydrogen) atoms. The molecule has 4 N–H and O–H groups in total. The zero-order chi connectivity index (χ0) is 30.9. The molecule has 11 heteroatoms. The minimum absolute atomic E-state index is 0.0484. The molecular weight excluding hydrogens is 564 g/mol. The lowest BCUT2D eigenvalue weighted by molar-refractivity contribution is -0.141. The Morgan fingerprint density at radius 1 is 0.841 bits per heavy atom. The molecule has 1 fully saturated rings. The summed E-state index contributed by atoms with van der Waals surface area (Å²) in [5.74, 6) is -2.80. The molecule has 3 aromatic rings. The van der Waals surface area contributed by atoms with Gasteiger partial charge >= 0.3 is 0 Å². The first-order valence-electron chi connectivity index (χ1n) is 14.6. The number of ether oxygens (including phenoxy) is 2. The fourth-order valence-corrected chi connectivity index (χ4v) is 5.21. The van der Waals surface area contributed by atoms with Crippen molar-refractivity contribution in [3.05, 3.63) is 95.6 Å². The second-order valence-corrected chi connectivity index (χ2v) is 10.7. The van der Waals surface area contributed by atoms with Gasteiger partial charge in [0.15, 0.2) is 11.5 Å². The smallest absolute Gasteiger partial charge is 0.289 e. The van der Waals surface area contributed by atoms with E-state index in [1.165, 1.54) is 6.07 Å². The Morgan fingerprint density at radius 3 is 2.27 bits per heavy atom. The molecule has 1 saturated heterocycles. The van der Waals surface area contributed by atoms with Crippen LogP contribution in [0.5, 0.6) is 11.5 Å². The summed E-state index contributed by atoms with van der Waals surface area (Å²) < 4.78 is 10.7. The van der Waals surface area contributed by atoms with Crippen molar-refractivity contribution in [2.75, 3.05) is 13.3 Å². The summed E-state index contributed by atoms with van der Waals surface area (Å²) in [4.78, 5) is 66.1. The predicted molar refractivity (Wildman–Crippen MR) is 160 cm³/mol. The van der Waals surface area contributed by atoms with Crippen molar-refractivity contribution in [2.45, 2.75) is 44.3 Å². The highest BCUT2D eigenvalue weighted by Gasteiger charge is 2.35. The van der Waals surface area contributed by atoms with Crippen molar-refractivity contribution in [1.82, 2.24) is 21.3 Å². The van der Waals surface area contributed by atoms with E-state index in [0.29, 0.717) is 30.9 Å². The van der Waals surface area contributed by atoms with Crippen LogP contribution in [0.4, 0.5) is 0 Å². The molecule has 0 saturated carbocycles. The molecule has 2 aliphatic heterocycles. The Morgan fingerprint density at radius 2 is 1.55 bits per heavy atom. The number of hydrogen-bond acceptors (Lipinski definition) is 7. The maximum Gasteiger partial charge on any atom is 0.289 e. The lowest BCUT2D eigenvalue weighted by atomic mass is 9.89. The monoisotopic (exact) mass is 598 g/mol. The second-order valence-electron chi connectivity index (χ2n) is 10.7. The topological polar surface area (TPSA) is 152 Å². The van der Waals surface area contributed by atoms with Gasteiger partial charge in [0, 0.05) is 31.0 Å². The minimum Gasteiger partial charge on any atom is -0.454 e. The number of ketones is 1. The summed E-state index contributed by atoms with van der Waals surface area (Å²) in [5.41, 5.74) is 1.83. The number of rotatable bonds is 12. The number of nitrogens with one attached hydrogen (secondary N) is 4. The van der Waals surface area contributed by atoms with Crippen LogP contribution in [0.25, 0.3) is 0 Å².